The summed E-state index contributed by atoms with van der Waals surface area (Å²) >= 11 is 0. The van der Waals surface area contributed by atoms with E-state index in [2.05, 4.69) is 54.2 Å². The van der Waals surface area contributed by atoms with Gasteiger partial charge in [-0.1, -0.05) is 19.6 Å². The molecule has 3 N–H and O–H groups in total. The Labute approximate surface area is 155 Å². The van der Waals surface area contributed by atoms with Crippen molar-refractivity contribution >= 4 is 33.4 Å². The van der Waals surface area contributed by atoms with Crippen LogP contribution in [-0.4, -0.2) is 59.0 Å². The molecule has 0 aromatic carbocycles. The highest BCUT2D eigenvalue weighted by Gasteiger charge is 2.56. The standard InChI is InChI=1S/C16H29N5O3Si2/c1-25(2,3)16(22)7-12(24-11(16)8-23-26(4,5)6)21-10-20-13-14(17)18-9-19-15(13)21/h9-12,22H,7-8H2,1-6H3,(H2,17,18,19)/t11-,12-,16-/m1/s1. The van der Waals surface area contributed by atoms with Gasteiger partial charge in [-0.05, 0) is 19.6 Å². The topological polar surface area (TPSA) is 108 Å². The van der Waals surface area contributed by atoms with Crippen LogP contribution in [-0.2, 0) is 9.16 Å². The minimum Gasteiger partial charge on any atom is -0.415 e. The fraction of sp³-hybridized carbons (Fsp3) is 0.688. The van der Waals surface area contributed by atoms with Crippen molar-refractivity contribution in [3.63, 3.8) is 0 Å². The highest BCUT2D eigenvalue weighted by atomic mass is 28.4. The summed E-state index contributed by atoms with van der Waals surface area (Å²) in [6.45, 7) is 13.3. The predicted molar refractivity (Wildman–Crippen MR) is 106 cm³/mol. The van der Waals surface area contributed by atoms with E-state index in [1.54, 1.807) is 6.33 Å². The summed E-state index contributed by atoms with van der Waals surface area (Å²) in [6.07, 6.45) is 2.83. The molecule has 26 heavy (non-hydrogen) atoms. The molecule has 3 rings (SSSR count). The van der Waals surface area contributed by atoms with E-state index in [0.717, 1.165) is 0 Å². The van der Waals surface area contributed by atoms with E-state index < -0.39 is 21.6 Å². The first kappa shape index (κ1) is 19.4. The Bertz CT molecular complexity index is 801. The number of fused-ring (bicyclic) bond motifs is 1. The second-order valence-electron chi connectivity index (χ2n) is 8.96. The number of nitrogens with two attached hydrogens (primary N) is 1. The molecule has 1 saturated heterocycles. The minimum absolute atomic E-state index is 0.339. The predicted octanol–water partition coefficient (Wildman–Crippen LogP) is 2.16. The third-order valence-electron chi connectivity index (χ3n) is 5.00. The van der Waals surface area contributed by atoms with Gasteiger partial charge in [0.1, 0.15) is 24.2 Å². The molecule has 2 aromatic rings. The van der Waals surface area contributed by atoms with Crippen molar-refractivity contribution in [2.45, 2.75) is 63.3 Å². The lowest BCUT2D eigenvalue weighted by Gasteiger charge is -2.39. The summed E-state index contributed by atoms with van der Waals surface area (Å²) in [5.74, 6) is 0.339. The zero-order valence-corrected chi connectivity index (χ0v) is 18.4. The van der Waals surface area contributed by atoms with Gasteiger partial charge in [-0.3, -0.25) is 4.57 Å². The highest BCUT2D eigenvalue weighted by molar-refractivity contribution is 6.79. The average Bonchev–Trinajstić information content (AvgIpc) is 3.06. The van der Waals surface area contributed by atoms with Crippen LogP contribution in [0.1, 0.15) is 12.6 Å². The smallest absolute Gasteiger partial charge is 0.183 e. The first-order chi connectivity index (χ1) is 11.9. The Balaban J connectivity index is 1.94. The molecule has 144 valence electrons. The van der Waals surface area contributed by atoms with Gasteiger partial charge in [-0.2, -0.15) is 0 Å². The van der Waals surface area contributed by atoms with Crippen LogP contribution in [0.4, 0.5) is 5.82 Å². The molecule has 0 unspecified atom stereocenters. The van der Waals surface area contributed by atoms with Gasteiger partial charge in [0.05, 0.1) is 26.2 Å². The number of aromatic nitrogens is 4. The van der Waals surface area contributed by atoms with Gasteiger partial charge in [-0.25, -0.2) is 15.0 Å². The SMILES string of the molecule is C[Si](C)(C)OC[C@H]1O[C@@H](n2cnc3c(N)ncnc32)C[C@@]1(O)[Si](C)(C)C. The van der Waals surface area contributed by atoms with Crippen LogP contribution in [0.2, 0.25) is 39.3 Å². The van der Waals surface area contributed by atoms with Crippen molar-refractivity contribution in [1.82, 2.24) is 19.5 Å². The Morgan fingerprint density at radius 3 is 2.58 bits per heavy atom. The third-order valence-corrected chi connectivity index (χ3v) is 9.16. The van der Waals surface area contributed by atoms with Crippen LogP contribution in [0, 0.1) is 0 Å². The van der Waals surface area contributed by atoms with Crippen molar-refractivity contribution < 1.29 is 14.3 Å². The first-order valence-electron chi connectivity index (χ1n) is 8.87. The number of hydrogen-bond donors (Lipinski definition) is 2. The molecule has 1 aliphatic heterocycles. The van der Waals surface area contributed by atoms with E-state index in [1.165, 1.54) is 6.33 Å². The molecule has 0 spiro atoms. The summed E-state index contributed by atoms with van der Waals surface area (Å²) in [7, 11) is -3.68. The quantitative estimate of drug-likeness (QED) is 0.747. The van der Waals surface area contributed by atoms with Crippen molar-refractivity contribution in [2.24, 2.45) is 0 Å². The number of anilines is 1. The molecule has 0 amide bonds. The Morgan fingerprint density at radius 1 is 1.27 bits per heavy atom. The van der Waals surface area contributed by atoms with E-state index in [0.29, 0.717) is 30.0 Å². The van der Waals surface area contributed by atoms with Crippen molar-refractivity contribution in [3.8, 4) is 0 Å². The Kier molecular flexibility index (Phi) is 4.76. The number of aliphatic hydroxyl groups is 1. The van der Waals surface area contributed by atoms with Gasteiger partial charge in [0.25, 0.3) is 0 Å². The fourth-order valence-corrected chi connectivity index (χ4v) is 5.84. The van der Waals surface area contributed by atoms with Crippen LogP contribution in [0.25, 0.3) is 11.2 Å². The van der Waals surface area contributed by atoms with E-state index in [4.69, 9.17) is 14.9 Å². The number of nitrogen functional groups attached to an aromatic ring is 1. The van der Waals surface area contributed by atoms with Crippen LogP contribution in [0.3, 0.4) is 0 Å². The molecule has 3 atom stereocenters. The number of rotatable bonds is 5. The average molecular weight is 396 g/mol. The fourth-order valence-electron chi connectivity index (χ4n) is 3.28. The minimum atomic E-state index is -1.97. The molecule has 0 aliphatic carbocycles. The zero-order chi connectivity index (χ0) is 19.3. The van der Waals surface area contributed by atoms with Gasteiger partial charge in [0.15, 0.2) is 19.8 Å². The number of imidazole rings is 1. The molecule has 0 radical (unpaired) electrons. The maximum absolute atomic E-state index is 11.6. The molecule has 3 heterocycles. The molecule has 0 bridgehead atoms. The second kappa shape index (κ2) is 6.38. The third kappa shape index (κ3) is 3.43. The molecule has 1 fully saturated rings. The Morgan fingerprint density at radius 2 is 1.96 bits per heavy atom. The van der Waals surface area contributed by atoms with Crippen LogP contribution < -0.4 is 5.73 Å². The van der Waals surface area contributed by atoms with Crippen molar-refractivity contribution in [3.05, 3.63) is 12.7 Å². The number of hydrogen-bond acceptors (Lipinski definition) is 7. The number of nitrogens with zero attached hydrogens (tertiary/aromatic N) is 4. The number of ether oxygens (including phenoxy) is 1. The van der Waals surface area contributed by atoms with E-state index in [-0.39, 0.29) is 12.3 Å². The molecule has 10 heteroatoms. The summed E-state index contributed by atoms with van der Waals surface area (Å²) < 4.78 is 14.2. The van der Waals surface area contributed by atoms with Crippen molar-refractivity contribution in [1.29, 1.82) is 0 Å². The molecular formula is C16H29N5O3Si2. The van der Waals surface area contributed by atoms with Crippen LogP contribution in [0.15, 0.2) is 12.7 Å². The molecule has 1 aliphatic rings. The van der Waals surface area contributed by atoms with Gasteiger partial charge in [-0.15, -0.1) is 0 Å². The lowest BCUT2D eigenvalue weighted by Crippen LogP contribution is -2.59. The normalized spacial score (nSPS) is 27.3. The first-order valence-corrected chi connectivity index (χ1v) is 15.8. The monoisotopic (exact) mass is 395 g/mol. The van der Waals surface area contributed by atoms with E-state index in [9.17, 15) is 5.11 Å². The molecule has 0 saturated carbocycles. The lowest BCUT2D eigenvalue weighted by molar-refractivity contribution is -0.0529. The summed E-state index contributed by atoms with van der Waals surface area (Å²) in [5.41, 5.74) is 7.06. The zero-order valence-electron chi connectivity index (χ0n) is 16.4. The summed E-state index contributed by atoms with van der Waals surface area (Å²) in [6, 6.07) is 0. The van der Waals surface area contributed by atoms with Gasteiger partial charge >= 0.3 is 0 Å². The molecule has 8 nitrogen and oxygen atoms in total. The second-order valence-corrected chi connectivity index (χ2v) is 18.8. The van der Waals surface area contributed by atoms with Gasteiger partial charge < -0.3 is 20.0 Å². The van der Waals surface area contributed by atoms with E-state index >= 15 is 0 Å². The molecular weight excluding hydrogens is 366 g/mol. The van der Waals surface area contributed by atoms with Crippen LogP contribution in [0.5, 0.6) is 0 Å². The Hall–Kier alpha value is -1.34. The molecule has 2 aromatic heterocycles. The van der Waals surface area contributed by atoms with Crippen LogP contribution >= 0.6 is 0 Å². The van der Waals surface area contributed by atoms with Crippen molar-refractivity contribution in [2.75, 3.05) is 12.3 Å². The van der Waals surface area contributed by atoms with Gasteiger partial charge in [0, 0.05) is 6.42 Å². The van der Waals surface area contributed by atoms with Gasteiger partial charge in [0.2, 0.25) is 0 Å². The maximum Gasteiger partial charge on any atom is 0.183 e. The largest absolute Gasteiger partial charge is 0.415 e. The highest BCUT2D eigenvalue weighted by Crippen LogP contribution is 2.43. The van der Waals surface area contributed by atoms with E-state index in [1.807, 2.05) is 4.57 Å². The summed E-state index contributed by atoms with van der Waals surface area (Å²) in [4.78, 5) is 12.6. The maximum atomic E-state index is 11.6. The summed E-state index contributed by atoms with van der Waals surface area (Å²) in [5, 5.41) is 10.7. The lowest BCUT2D eigenvalue weighted by atomic mass is 10.1.